The van der Waals surface area contributed by atoms with Gasteiger partial charge < -0.3 is 9.80 Å². The molecule has 100 valence electrons. The molecule has 0 radical (unpaired) electrons. The summed E-state index contributed by atoms with van der Waals surface area (Å²) < 4.78 is 0. The van der Waals surface area contributed by atoms with Gasteiger partial charge in [0.15, 0.2) is 0 Å². The van der Waals surface area contributed by atoms with E-state index in [2.05, 4.69) is 55.0 Å². The number of hydrogen-bond donors (Lipinski definition) is 0. The molecule has 0 amide bonds. The van der Waals surface area contributed by atoms with Gasteiger partial charge in [-0.2, -0.15) is 0 Å². The Morgan fingerprint density at radius 1 is 1.11 bits per heavy atom. The Morgan fingerprint density at radius 2 is 1.78 bits per heavy atom. The van der Waals surface area contributed by atoms with Gasteiger partial charge in [0.05, 0.1) is 0 Å². The number of benzene rings is 1. The normalized spacial score (nSPS) is 18.9. The van der Waals surface area contributed by atoms with E-state index in [9.17, 15) is 0 Å². The first-order valence-electron chi connectivity index (χ1n) is 7.24. The molecule has 1 aromatic carbocycles. The Hall–Kier alpha value is -1.02. The van der Waals surface area contributed by atoms with Crippen molar-refractivity contribution in [3.63, 3.8) is 0 Å². The van der Waals surface area contributed by atoms with Gasteiger partial charge in [-0.15, -0.1) is 0 Å². The molecule has 0 N–H and O–H groups in total. The van der Waals surface area contributed by atoms with Crippen molar-refractivity contribution < 1.29 is 0 Å². The second-order valence-corrected chi connectivity index (χ2v) is 5.54. The van der Waals surface area contributed by atoms with Crippen molar-refractivity contribution in [3.8, 4) is 0 Å². The second kappa shape index (κ2) is 6.24. The minimum atomic E-state index is 0.672. The van der Waals surface area contributed by atoms with Crippen LogP contribution >= 0.6 is 0 Å². The second-order valence-electron chi connectivity index (χ2n) is 5.54. The minimum Gasteiger partial charge on any atom is -0.369 e. The monoisotopic (exact) mass is 246 g/mol. The van der Waals surface area contributed by atoms with E-state index in [-0.39, 0.29) is 0 Å². The molecule has 18 heavy (non-hydrogen) atoms. The number of para-hydroxylation sites is 1. The summed E-state index contributed by atoms with van der Waals surface area (Å²) in [5, 5.41) is 0. The maximum absolute atomic E-state index is 2.56. The van der Waals surface area contributed by atoms with Gasteiger partial charge in [-0.25, -0.2) is 0 Å². The molecule has 1 aliphatic heterocycles. The van der Waals surface area contributed by atoms with Crippen LogP contribution in [-0.2, 0) is 0 Å². The van der Waals surface area contributed by atoms with E-state index in [1.165, 1.54) is 37.2 Å². The Balaban J connectivity index is 2.16. The molecule has 2 rings (SSSR count). The number of piperazine rings is 1. The van der Waals surface area contributed by atoms with Crippen LogP contribution < -0.4 is 4.90 Å². The predicted molar refractivity (Wildman–Crippen MR) is 79.5 cm³/mol. The van der Waals surface area contributed by atoms with Gasteiger partial charge in [0, 0.05) is 31.9 Å². The third-order valence-electron chi connectivity index (χ3n) is 4.03. The maximum Gasteiger partial charge on any atom is 0.0402 e. The lowest BCUT2D eigenvalue weighted by Gasteiger charge is -2.36. The van der Waals surface area contributed by atoms with E-state index in [1.54, 1.807) is 0 Å². The highest BCUT2D eigenvalue weighted by molar-refractivity contribution is 5.55. The van der Waals surface area contributed by atoms with E-state index in [4.69, 9.17) is 0 Å². The molecule has 1 aromatic rings. The summed E-state index contributed by atoms with van der Waals surface area (Å²) in [6.45, 7) is 9.30. The van der Waals surface area contributed by atoms with Crippen LogP contribution in [0.4, 0.5) is 5.69 Å². The zero-order chi connectivity index (χ0) is 13.0. The maximum atomic E-state index is 2.56. The van der Waals surface area contributed by atoms with Gasteiger partial charge in [-0.3, -0.25) is 0 Å². The molecule has 0 aliphatic carbocycles. The summed E-state index contributed by atoms with van der Waals surface area (Å²) in [6.07, 6.45) is 2.54. The Bertz CT molecular complexity index is 367. The van der Waals surface area contributed by atoms with E-state index < -0.39 is 0 Å². The third kappa shape index (κ3) is 3.05. The molecule has 2 nitrogen and oxygen atoms in total. The highest BCUT2D eigenvalue weighted by atomic mass is 15.2. The van der Waals surface area contributed by atoms with E-state index >= 15 is 0 Å². The van der Waals surface area contributed by atoms with Gasteiger partial charge in [0.2, 0.25) is 0 Å². The summed E-state index contributed by atoms with van der Waals surface area (Å²) in [6, 6.07) is 8.97. The van der Waals surface area contributed by atoms with Crippen LogP contribution in [-0.4, -0.2) is 38.1 Å². The van der Waals surface area contributed by atoms with Gasteiger partial charge in [-0.1, -0.05) is 38.5 Å². The van der Waals surface area contributed by atoms with E-state index in [0.717, 1.165) is 13.1 Å². The third-order valence-corrected chi connectivity index (χ3v) is 4.03. The molecule has 0 saturated carbocycles. The summed E-state index contributed by atoms with van der Waals surface area (Å²) in [5.41, 5.74) is 3.00. The minimum absolute atomic E-state index is 0.672. The van der Waals surface area contributed by atoms with Crippen LogP contribution in [0, 0.1) is 0 Å². The molecule has 1 unspecified atom stereocenters. The van der Waals surface area contributed by atoms with Gasteiger partial charge >= 0.3 is 0 Å². The predicted octanol–water partition coefficient (Wildman–Crippen LogP) is 3.34. The van der Waals surface area contributed by atoms with Gasteiger partial charge in [0.1, 0.15) is 0 Å². The van der Waals surface area contributed by atoms with Crippen LogP contribution in [0.25, 0.3) is 0 Å². The van der Waals surface area contributed by atoms with Gasteiger partial charge in [0.25, 0.3) is 0 Å². The average molecular weight is 246 g/mol. The number of rotatable bonds is 4. The van der Waals surface area contributed by atoms with Crippen LogP contribution in [0.15, 0.2) is 24.3 Å². The van der Waals surface area contributed by atoms with Crippen LogP contribution in [0.1, 0.15) is 38.2 Å². The van der Waals surface area contributed by atoms with Crippen molar-refractivity contribution in [1.82, 2.24) is 4.90 Å². The lowest BCUT2D eigenvalue weighted by Crippen LogP contribution is -2.44. The van der Waals surface area contributed by atoms with Crippen molar-refractivity contribution >= 4 is 5.69 Å². The molecule has 0 spiro atoms. The Labute approximate surface area is 112 Å². The number of hydrogen-bond acceptors (Lipinski definition) is 2. The Morgan fingerprint density at radius 3 is 2.44 bits per heavy atom. The smallest absolute Gasteiger partial charge is 0.0402 e. The zero-order valence-electron chi connectivity index (χ0n) is 12.0. The molecule has 1 saturated heterocycles. The van der Waals surface area contributed by atoms with Crippen molar-refractivity contribution in [2.24, 2.45) is 0 Å². The first-order valence-corrected chi connectivity index (χ1v) is 7.24. The Kier molecular flexibility index (Phi) is 4.65. The molecule has 1 aliphatic rings. The topological polar surface area (TPSA) is 6.48 Å². The lowest BCUT2D eigenvalue weighted by molar-refractivity contribution is 0.312. The van der Waals surface area contributed by atoms with Crippen LogP contribution in [0.5, 0.6) is 0 Å². The molecule has 1 atom stereocenters. The fraction of sp³-hybridized carbons (Fsp3) is 0.625. The number of nitrogens with zero attached hydrogens (tertiary/aromatic N) is 2. The summed E-state index contributed by atoms with van der Waals surface area (Å²) in [4.78, 5) is 4.97. The van der Waals surface area contributed by atoms with E-state index in [0.29, 0.717) is 5.92 Å². The van der Waals surface area contributed by atoms with Gasteiger partial charge in [-0.05, 0) is 31.0 Å². The highest BCUT2D eigenvalue weighted by Crippen LogP contribution is 2.30. The quantitative estimate of drug-likeness (QED) is 0.804. The molecule has 0 bridgehead atoms. The van der Waals surface area contributed by atoms with Crippen molar-refractivity contribution in [2.45, 2.75) is 32.6 Å². The highest BCUT2D eigenvalue weighted by Gasteiger charge is 2.18. The summed E-state index contributed by atoms with van der Waals surface area (Å²) >= 11 is 0. The van der Waals surface area contributed by atoms with Crippen molar-refractivity contribution in [2.75, 3.05) is 38.1 Å². The molecule has 1 fully saturated rings. The molecular weight excluding hydrogens is 220 g/mol. The van der Waals surface area contributed by atoms with Crippen LogP contribution in [0.3, 0.4) is 0 Å². The van der Waals surface area contributed by atoms with Crippen molar-refractivity contribution in [3.05, 3.63) is 29.8 Å². The largest absolute Gasteiger partial charge is 0.369 e. The molecule has 0 aromatic heterocycles. The fourth-order valence-electron chi connectivity index (χ4n) is 2.83. The summed E-state index contributed by atoms with van der Waals surface area (Å²) in [7, 11) is 2.21. The lowest BCUT2D eigenvalue weighted by atomic mass is 9.94. The van der Waals surface area contributed by atoms with E-state index in [1.807, 2.05) is 0 Å². The zero-order valence-corrected chi connectivity index (χ0v) is 12.0. The first-order chi connectivity index (χ1) is 8.72. The number of anilines is 1. The molecule has 2 heteroatoms. The summed E-state index contributed by atoms with van der Waals surface area (Å²) in [5.74, 6) is 0.672. The standard InChI is InChI=1S/C16H26N2/c1-4-7-14(2)15-8-5-6-9-16(15)18-12-10-17(3)11-13-18/h5-6,8-9,14H,4,7,10-13H2,1-3H3. The molecular formula is C16H26N2. The van der Waals surface area contributed by atoms with Crippen molar-refractivity contribution in [1.29, 1.82) is 0 Å². The average Bonchev–Trinajstić information content (AvgIpc) is 2.40. The molecule has 1 heterocycles. The number of likely N-dealkylation sites (N-methyl/N-ethyl adjacent to an activating group) is 1. The first kappa shape index (κ1) is 13.4. The SMILES string of the molecule is CCCC(C)c1ccccc1N1CCN(C)CC1. The van der Waals surface area contributed by atoms with Crippen LogP contribution in [0.2, 0.25) is 0 Å². The fourth-order valence-corrected chi connectivity index (χ4v) is 2.83.